The van der Waals surface area contributed by atoms with E-state index in [2.05, 4.69) is 55.7 Å². The van der Waals surface area contributed by atoms with Crippen LogP contribution in [0.25, 0.3) is 10.8 Å². The highest BCUT2D eigenvalue weighted by molar-refractivity contribution is 5.87. The maximum atomic E-state index is 3.52. The quantitative estimate of drug-likeness (QED) is 0.842. The summed E-state index contributed by atoms with van der Waals surface area (Å²) in [6, 6.07) is 13.7. The number of fused-ring (bicyclic) bond motifs is 1. The lowest BCUT2D eigenvalue weighted by atomic mass is 9.91. The first-order valence-corrected chi connectivity index (χ1v) is 6.95. The van der Waals surface area contributed by atoms with Crippen molar-refractivity contribution in [2.75, 3.05) is 7.05 Å². The minimum Gasteiger partial charge on any atom is -0.313 e. The molecular weight excluding hydrogens is 218 g/mol. The van der Waals surface area contributed by atoms with Crippen LogP contribution in [0, 0.1) is 12.8 Å². The lowest BCUT2D eigenvalue weighted by Crippen LogP contribution is -2.18. The fraction of sp³-hybridized carbons (Fsp3) is 0.412. The van der Waals surface area contributed by atoms with Crippen LogP contribution >= 0.6 is 0 Å². The van der Waals surface area contributed by atoms with Gasteiger partial charge >= 0.3 is 0 Å². The molecule has 1 aliphatic rings. The van der Waals surface area contributed by atoms with Gasteiger partial charge in [-0.05, 0) is 48.2 Å². The van der Waals surface area contributed by atoms with Gasteiger partial charge in [-0.2, -0.15) is 0 Å². The first kappa shape index (κ1) is 11.7. The molecule has 0 aromatic heterocycles. The molecule has 0 saturated heterocycles. The van der Waals surface area contributed by atoms with Gasteiger partial charge in [0.15, 0.2) is 0 Å². The number of hydrogen-bond acceptors (Lipinski definition) is 1. The number of rotatable bonds is 4. The summed E-state index contributed by atoms with van der Waals surface area (Å²) in [5.74, 6) is 0.945. The molecule has 1 saturated carbocycles. The van der Waals surface area contributed by atoms with Crippen molar-refractivity contribution in [1.82, 2.24) is 5.32 Å². The highest BCUT2D eigenvalue weighted by Gasteiger charge is 2.26. The van der Waals surface area contributed by atoms with E-state index >= 15 is 0 Å². The Kier molecular flexibility index (Phi) is 3.09. The summed E-state index contributed by atoms with van der Waals surface area (Å²) in [5.41, 5.74) is 2.91. The normalized spacial score (nSPS) is 17.0. The molecular formula is C17H21N. The summed E-state index contributed by atoms with van der Waals surface area (Å²) in [6.45, 7) is 2.24. The molecule has 0 radical (unpaired) electrons. The van der Waals surface area contributed by atoms with Gasteiger partial charge < -0.3 is 5.32 Å². The summed E-state index contributed by atoms with van der Waals surface area (Å²) in [5, 5.41) is 6.29. The molecule has 0 aliphatic heterocycles. The van der Waals surface area contributed by atoms with Crippen molar-refractivity contribution < 1.29 is 0 Å². The third-order valence-corrected chi connectivity index (χ3v) is 4.15. The van der Waals surface area contributed by atoms with E-state index in [4.69, 9.17) is 0 Å². The van der Waals surface area contributed by atoms with Crippen LogP contribution in [0.2, 0.25) is 0 Å². The van der Waals surface area contributed by atoms with Crippen LogP contribution in [0.1, 0.15) is 36.4 Å². The van der Waals surface area contributed by atoms with Gasteiger partial charge in [0.25, 0.3) is 0 Å². The van der Waals surface area contributed by atoms with Gasteiger partial charge in [0, 0.05) is 6.04 Å². The molecule has 1 unspecified atom stereocenters. The molecule has 2 aromatic rings. The summed E-state index contributed by atoms with van der Waals surface area (Å²) in [6.07, 6.45) is 4.12. The fourth-order valence-corrected chi connectivity index (χ4v) is 2.93. The second kappa shape index (κ2) is 4.74. The highest BCUT2D eigenvalue weighted by Crippen LogP contribution is 2.39. The fourth-order valence-electron chi connectivity index (χ4n) is 2.93. The molecule has 1 heteroatoms. The summed E-state index contributed by atoms with van der Waals surface area (Å²) < 4.78 is 0. The maximum absolute atomic E-state index is 3.52. The monoisotopic (exact) mass is 239 g/mol. The molecule has 0 bridgehead atoms. The Labute approximate surface area is 109 Å². The van der Waals surface area contributed by atoms with Gasteiger partial charge in [-0.1, -0.05) is 49.2 Å². The molecule has 1 N–H and O–H groups in total. The Hall–Kier alpha value is -1.34. The molecule has 0 heterocycles. The van der Waals surface area contributed by atoms with E-state index in [1.54, 1.807) is 0 Å². The predicted octanol–water partition coefficient (Wildman–Crippen LogP) is 4.21. The van der Waals surface area contributed by atoms with Gasteiger partial charge in [0.1, 0.15) is 0 Å². The molecule has 94 valence electrons. The second-order valence-electron chi connectivity index (χ2n) is 5.54. The molecule has 1 nitrogen and oxygen atoms in total. The number of nitrogens with one attached hydrogen (secondary N) is 1. The Morgan fingerprint density at radius 2 is 1.94 bits per heavy atom. The minimum atomic E-state index is 0.503. The standard InChI is InChI=1S/C17H21N/c1-12-7-10-14-5-3-4-6-15(14)17(12)16(18-2)11-13-8-9-13/h3-7,10,13,16,18H,8-9,11H2,1-2H3. The first-order valence-electron chi connectivity index (χ1n) is 6.95. The average molecular weight is 239 g/mol. The van der Waals surface area contributed by atoms with E-state index in [0.717, 1.165) is 5.92 Å². The summed E-state index contributed by atoms with van der Waals surface area (Å²) >= 11 is 0. The van der Waals surface area contributed by atoms with Gasteiger partial charge in [0.2, 0.25) is 0 Å². The van der Waals surface area contributed by atoms with Crippen molar-refractivity contribution in [3.8, 4) is 0 Å². The van der Waals surface area contributed by atoms with E-state index < -0.39 is 0 Å². The molecule has 2 aromatic carbocycles. The smallest absolute Gasteiger partial charge is 0.0328 e. The third kappa shape index (κ3) is 2.15. The molecule has 1 atom stereocenters. The topological polar surface area (TPSA) is 12.0 Å². The summed E-state index contributed by atoms with van der Waals surface area (Å²) in [4.78, 5) is 0. The van der Waals surface area contributed by atoms with Gasteiger partial charge in [-0.25, -0.2) is 0 Å². The molecule has 18 heavy (non-hydrogen) atoms. The minimum absolute atomic E-state index is 0.503. The molecule has 0 spiro atoms. The van der Waals surface area contributed by atoms with Crippen molar-refractivity contribution in [3.05, 3.63) is 47.5 Å². The Balaban J connectivity index is 2.09. The third-order valence-electron chi connectivity index (χ3n) is 4.15. The van der Waals surface area contributed by atoms with E-state index in [-0.39, 0.29) is 0 Å². The number of aryl methyl sites for hydroxylation is 1. The van der Waals surface area contributed by atoms with E-state index in [0.29, 0.717) is 6.04 Å². The summed E-state index contributed by atoms with van der Waals surface area (Å²) in [7, 11) is 2.09. The first-order chi connectivity index (χ1) is 8.79. The molecule has 1 aliphatic carbocycles. The van der Waals surface area contributed by atoms with Crippen LogP contribution in [0.4, 0.5) is 0 Å². The zero-order valence-electron chi connectivity index (χ0n) is 11.2. The van der Waals surface area contributed by atoms with Crippen molar-refractivity contribution in [2.24, 2.45) is 5.92 Å². The largest absolute Gasteiger partial charge is 0.313 e. The predicted molar refractivity (Wildman–Crippen MR) is 77.8 cm³/mol. The van der Waals surface area contributed by atoms with Gasteiger partial charge in [-0.3, -0.25) is 0 Å². The molecule has 0 amide bonds. The maximum Gasteiger partial charge on any atom is 0.0328 e. The SMILES string of the molecule is CNC(CC1CC1)c1c(C)ccc2ccccc12. The van der Waals surface area contributed by atoms with E-state index in [9.17, 15) is 0 Å². The van der Waals surface area contributed by atoms with E-state index in [1.807, 2.05) is 0 Å². The second-order valence-corrected chi connectivity index (χ2v) is 5.54. The lowest BCUT2D eigenvalue weighted by molar-refractivity contribution is 0.515. The van der Waals surface area contributed by atoms with Crippen LogP contribution < -0.4 is 5.32 Å². The zero-order valence-corrected chi connectivity index (χ0v) is 11.2. The Bertz CT molecular complexity index is 555. The number of benzene rings is 2. The van der Waals surface area contributed by atoms with Crippen LogP contribution in [0.3, 0.4) is 0 Å². The van der Waals surface area contributed by atoms with Crippen molar-refractivity contribution >= 4 is 10.8 Å². The Morgan fingerprint density at radius 3 is 2.67 bits per heavy atom. The van der Waals surface area contributed by atoms with Crippen molar-refractivity contribution in [3.63, 3.8) is 0 Å². The van der Waals surface area contributed by atoms with E-state index in [1.165, 1.54) is 41.2 Å². The molecule has 3 rings (SSSR count). The van der Waals surface area contributed by atoms with Crippen LogP contribution in [-0.2, 0) is 0 Å². The zero-order chi connectivity index (χ0) is 12.5. The Morgan fingerprint density at radius 1 is 1.17 bits per heavy atom. The van der Waals surface area contributed by atoms with Crippen LogP contribution in [-0.4, -0.2) is 7.05 Å². The average Bonchev–Trinajstić information content (AvgIpc) is 3.20. The highest BCUT2D eigenvalue weighted by atomic mass is 14.9. The van der Waals surface area contributed by atoms with Crippen molar-refractivity contribution in [2.45, 2.75) is 32.2 Å². The number of hydrogen-bond donors (Lipinski definition) is 1. The van der Waals surface area contributed by atoms with Crippen molar-refractivity contribution in [1.29, 1.82) is 0 Å². The van der Waals surface area contributed by atoms with Crippen LogP contribution in [0.5, 0.6) is 0 Å². The van der Waals surface area contributed by atoms with Gasteiger partial charge in [0.05, 0.1) is 0 Å². The lowest BCUT2D eigenvalue weighted by Gasteiger charge is -2.21. The molecule has 1 fully saturated rings. The van der Waals surface area contributed by atoms with Gasteiger partial charge in [-0.15, -0.1) is 0 Å². The van der Waals surface area contributed by atoms with Crippen LogP contribution in [0.15, 0.2) is 36.4 Å².